The van der Waals surface area contributed by atoms with E-state index < -0.39 is 0 Å². The predicted molar refractivity (Wildman–Crippen MR) is 46.9 cm³/mol. The molecule has 1 rings (SSSR count). The maximum atomic E-state index is 10.6. The first kappa shape index (κ1) is 8.77. The van der Waals surface area contributed by atoms with Crippen LogP contribution in [0.25, 0.3) is 0 Å². The number of hydrogen-bond donors (Lipinski definition) is 1. The number of aromatic nitrogens is 2. The molecule has 0 saturated carbocycles. The minimum absolute atomic E-state index is 0.0710. The molecule has 4 heteroatoms. The second-order valence-electron chi connectivity index (χ2n) is 2.98. The molecular weight excluding hydrogens is 154 g/mol. The van der Waals surface area contributed by atoms with E-state index in [0.717, 1.165) is 5.69 Å². The third kappa shape index (κ3) is 2.08. The number of amides is 1. The van der Waals surface area contributed by atoms with Crippen molar-refractivity contribution < 1.29 is 4.79 Å². The fourth-order valence-electron chi connectivity index (χ4n) is 0.888. The molecule has 0 spiro atoms. The molecule has 66 valence electrons. The van der Waals surface area contributed by atoms with Gasteiger partial charge in [0.1, 0.15) is 0 Å². The number of rotatable bonds is 2. The van der Waals surface area contributed by atoms with Crippen LogP contribution in [0.4, 0.5) is 5.69 Å². The van der Waals surface area contributed by atoms with Crippen molar-refractivity contribution >= 4 is 11.6 Å². The van der Waals surface area contributed by atoms with E-state index in [9.17, 15) is 4.79 Å². The summed E-state index contributed by atoms with van der Waals surface area (Å²) in [5, 5.41) is 6.73. The predicted octanol–water partition coefficient (Wildman–Crippen LogP) is 1.42. The summed E-state index contributed by atoms with van der Waals surface area (Å²) in [4.78, 5) is 10.6. The standard InChI is InChI=1S/C8H13N3O/c1-6(2)11-5-8(4-9-11)10-7(3)12/h4-6H,1-3H3,(H,10,12). The number of hydrogen-bond acceptors (Lipinski definition) is 2. The van der Waals surface area contributed by atoms with E-state index in [1.807, 2.05) is 20.0 Å². The van der Waals surface area contributed by atoms with Gasteiger partial charge in [0.15, 0.2) is 0 Å². The van der Waals surface area contributed by atoms with Crippen LogP contribution in [0.1, 0.15) is 26.8 Å². The molecule has 0 unspecified atom stereocenters. The SMILES string of the molecule is CC(=O)Nc1cnn(C(C)C)c1. The number of anilines is 1. The van der Waals surface area contributed by atoms with Gasteiger partial charge in [0, 0.05) is 19.2 Å². The van der Waals surface area contributed by atoms with E-state index in [1.165, 1.54) is 6.92 Å². The van der Waals surface area contributed by atoms with Gasteiger partial charge in [0.2, 0.25) is 5.91 Å². The van der Waals surface area contributed by atoms with Crippen molar-refractivity contribution in [3.63, 3.8) is 0 Å². The van der Waals surface area contributed by atoms with Crippen molar-refractivity contribution in [3.05, 3.63) is 12.4 Å². The van der Waals surface area contributed by atoms with Gasteiger partial charge >= 0.3 is 0 Å². The first-order chi connectivity index (χ1) is 5.59. The summed E-state index contributed by atoms with van der Waals surface area (Å²) in [5.41, 5.74) is 0.746. The van der Waals surface area contributed by atoms with Crippen LogP contribution in [0, 0.1) is 0 Å². The lowest BCUT2D eigenvalue weighted by Gasteiger charge is -2.02. The van der Waals surface area contributed by atoms with Crippen LogP contribution < -0.4 is 5.32 Å². The normalized spacial score (nSPS) is 10.3. The summed E-state index contributed by atoms with van der Waals surface area (Å²) in [6.07, 6.45) is 3.45. The van der Waals surface area contributed by atoms with Crippen LogP contribution in [0.3, 0.4) is 0 Å². The number of nitrogens with one attached hydrogen (secondary N) is 1. The maximum absolute atomic E-state index is 10.6. The van der Waals surface area contributed by atoms with E-state index in [2.05, 4.69) is 10.4 Å². The highest BCUT2D eigenvalue weighted by Gasteiger charge is 2.01. The molecule has 1 heterocycles. The first-order valence-corrected chi connectivity index (χ1v) is 3.91. The summed E-state index contributed by atoms with van der Waals surface area (Å²) in [7, 11) is 0. The van der Waals surface area contributed by atoms with Crippen LogP contribution >= 0.6 is 0 Å². The molecule has 0 saturated heterocycles. The molecule has 0 aliphatic carbocycles. The van der Waals surface area contributed by atoms with Gasteiger partial charge in [-0.25, -0.2) is 0 Å². The highest BCUT2D eigenvalue weighted by atomic mass is 16.1. The zero-order valence-electron chi connectivity index (χ0n) is 7.53. The Morgan fingerprint density at radius 2 is 2.33 bits per heavy atom. The van der Waals surface area contributed by atoms with Gasteiger partial charge in [-0.1, -0.05) is 0 Å². The summed E-state index contributed by atoms with van der Waals surface area (Å²) in [6.45, 7) is 5.54. The topological polar surface area (TPSA) is 46.9 Å². The summed E-state index contributed by atoms with van der Waals surface area (Å²) < 4.78 is 1.80. The zero-order valence-corrected chi connectivity index (χ0v) is 7.53. The fourth-order valence-corrected chi connectivity index (χ4v) is 0.888. The van der Waals surface area contributed by atoms with Crippen molar-refractivity contribution in [1.82, 2.24) is 9.78 Å². The lowest BCUT2D eigenvalue weighted by atomic mass is 10.4. The fraction of sp³-hybridized carbons (Fsp3) is 0.500. The van der Waals surface area contributed by atoms with Crippen molar-refractivity contribution in [1.29, 1.82) is 0 Å². The van der Waals surface area contributed by atoms with Gasteiger partial charge < -0.3 is 5.32 Å². The van der Waals surface area contributed by atoms with E-state index in [1.54, 1.807) is 10.9 Å². The summed E-state index contributed by atoms with van der Waals surface area (Å²) in [5.74, 6) is -0.0710. The lowest BCUT2D eigenvalue weighted by Crippen LogP contribution is -2.05. The molecule has 0 fully saturated rings. The van der Waals surface area contributed by atoms with E-state index in [-0.39, 0.29) is 5.91 Å². The molecule has 0 atom stereocenters. The Hall–Kier alpha value is -1.32. The minimum Gasteiger partial charge on any atom is -0.324 e. The largest absolute Gasteiger partial charge is 0.324 e. The summed E-state index contributed by atoms with van der Waals surface area (Å²) >= 11 is 0. The molecule has 0 aliphatic heterocycles. The van der Waals surface area contributed by atoms with Crippen molar-refractivity contribution in [2.75, 3.05) is 5.32 Å². The third-order valence-corrected chi connectivity index (χ3v) is 1.45. The van der Waals surface area contributed by atoms with Gasteiger partial charge in [-0.3, -0.25) is 9.48 Å². The Kier molecular flexibility index (Phi) is 2.47. The monoisotopic (exact) mass is 167 g/mol. The highest BCUT2D eigenvalue weighted by Crippen LogP contribution is 2.09. The average molecular weight is 167 g/mol. The quantitative estimate of drug-likeness (QED) is 0.724. The smallest absolute Gasteiger partial charge is 0.221 e. The Bertz CT molecular complexity index is 278. The molecule has 0 radical (unpaired) electrons. The van der Waals surface area contributed by atoms with Crippen LogP contribution in [0.15, 0.2) is 12.4 Å². The Labute approximate surface area is 71.6 Å². The molecule has 0 aromatic carbocycles. The Balaban J connectivity index is 2.70. The molecular formula is C8H13N3O. The van der Waals surface area contributed by atoms with Gasteiger partial charge in [-0.2, -0.15) is 5.10 Å². The van der Waals surface area contributed by atoms with Crippen LogP contribution in [-0.4, -0.2) is 15.7 Å². The third-order valence-electron chi connectivity index (χ3n) is 1.45. The molecule has 1 aromatic rings. The number of carbonyl (C=O) groups is 1. The number of carbonyl (C=O) groups excluding carboxylic acids is 1. The molecule has 1 N–H and O–H groups in total. The second kappa shape index (κ2) is 3.38. The van der Waals surface area contributed by atoms with E-state index in [0.29, 0.717) is 6.04 Å². The Morgan fingerprint density at radius 3 is 2.75 bits per heavy atom. The second-order valence-corrected chi connectivity index (χ2v) is 2.98. The van der Waals surface area contributed by atoms with Gasteiger partial charge in [0.25, 0.3) is 0 Å². The molecule has 1 amide bonds. The minimum atomic E-state index is -0.0710. The van der Waals surface area contributed by atoms with Crippen molar-refractivity contribution in [2.24, 2.45) is 0 Å². The Morgan fingerprint density at radius 1 is 1.67 bits per heavy atom. The lowest BCUT2D eigenvalue weighted by molar-refractivity contribution is -0.114. The summed E-state index contributed by atoms with van der Waals surface area (Å²) in [6, 6.07) is 0.326. The molecule has 1 aromatic heterocycles. The average Bonchev–Trinajstić information content (AvgIpc) is 2.34. The van der Waals surface area contributed by atoms with Crippen LogP contribution in [0.5, 0.6) is 0 Å². The van der Waals surface area contributed by atoms with Gasteiger partial charge in [-0.05, 0) is 13.8 Å². The van der Waals surface area contributed by atoms with Crippen LogP contribution in [-0.2, 0) is 4.79 Å². The molecule has 4 nitrogen and oxygen atoms in total. The molecule has 0 aliphatic rings. The number of nitrogens with zero attached hydrogens (tertiary/aromatic N) is 2. The van der Waals surface area contributed by atoms with Crippen LogP contribution in [0.2, 0.25) is 0 Å². The van der Waals surface area contributed by atoms with Gasteiger partial charge in [0.05, 0.1) is 11.9 Å². The van der Waals surface area contributed by atoms with Gasteiger partial charge in [-0.15, -0.1) is 0 Å². The first-order valence-electron chi connectivity index (χ1n) is 3.91. The zero-order chi connectivity index (χ0) is 9.14. The highest BCUT2D eigenvalue weighted by molar-refractivity contribution is 5.88. The van der Waals surface area contributed by atoms with Crippen molar-refractivity contribution in [3.8, 4) is 0 Å². The maximum Gasteiger partial charge on any atom is 0.221 e. The van der Waals surface area contributed by atoms with Crippen molar-refractivity contribution in [2.45, 2.75) is 26.8 Å². The molecule has 12 heavy (non-hydrogen) atoms. The molecule has 0 bridgehead atoms. The van der Waals surface area contributed by atoms with E-state index in [4.69, 9.17) is 0 Å². The van der Waals surface area contributed by atoms with E-state index >= 15 is 0 Å².